The highest BCUT2D eigenvalue weighted by atomic mass is 32.2. The van der Waals surface area contributed by atoms with Crippen LogP contribution in [-0.2, 0) is 14.8 Å². The lowest BCUT2D eigenvalue weighted by atomic mass is 10.3. The third-order valence-electron chi connectivity index (χ3n) is 2.58. The van der Waals surface area contributed by atoms with Crippen molar-refractivity contribution in [3.05, 3.63) is 24.3 Å². The van der Waals surface area contributed by atoms with Crippen LogP contribution in [0.4, 0.5) is 5.69 Å². The van der Waals surface area contributed by atoms with Crippen molar-refractivity contribution in [3.8, 4) is 0 Å². The summed E-state index contributed by atoms with van der Waals surface area (Å²) in [5.41, 5.74) is 0.414. The summed E-state index contributed by atoms with van der Waals surface area (Å²) in [7, 11) is -3.60. The number of rotatable bonds is 8. The Morgan fingerprint density at radius 2 is 1.90 bits per heavy atom. The molecule has 1 rings (SSSR count). The van der Waals surface area contributed by atoms with Crippen molar-refractivity contribution in [1.29, 1.82) is 0 Å². The van der Waals surface area contributed by atoms with Gasteiger partial charge in [-0.05, 0) is 32.4 Å². The summed E-state index contributed by atoms with van der Waals surface area (Å²) in [6.07, 6.45) is 0.856. The molecule has 1 aromatic carbocycles. The van der Waals surface area contributed by atoms with E-state index in [0.29, 0.717) is 12.2 Å². The van der Waals surface area contributed by atoms with Crippen LogP contribution >= 0.6 is 0 Å². The summed E-state index contributed by atoms with van der Waals surface area (Å²) >= 11 is 0. The van der Waals surface area contributed by atoms with E-state index in [0.717, 1.165) is 6.42 Å². The van der Waals surface area contributed by atoms with Gasteiger partial charge in [-0.2, -0.15) is 0 Å². The molecule has 7 heteroatoms. The highest BCUT2D eigenvalue weighted by Gasteiger charge is 2.19. The third kappa shape index (κ3) is 5.73. The van der Waals surface area contributed by atoms with Gasteiger partial charge < -0.3 is 10.6 Å². The van der Waals surface area contributed by atoms with Crippen LogP contribution in [0.25, 0.3) is 0 Å². The molecule has 0 radical (unpaired) electrons. The molecule has 3 N–H and O–H groups in total. The lowest BCUT2D eigenvalue weighted by molar-refractivity contribution is -0.119. The van der Waals surface area contributed by atoms with Crippen LogP contribution in [0.3, 0.4) is 0 Å². The molecule has 0 unspecified atom stereocenters. The lowest BCUT2D eigenvalue weighted by Crippen LogP contribution is -2.32. The van der Waals surface area contributed by atoms with Crippen LogP contribution < -0.4 is 15.4 Å². The molecule has 0 bridgehead atoms. The molecule has 118 valence electrons. The zero-order chi connectivity index (χ0) is 15.9. The van der Waals surface area contributed by atoms with E-state index in [1.54, 1.807) is 32.0 Å². The van der Waals surface area contributed by atoms with E-state index in [2.05, 4.69) is 15.4 Å². The molecule has 0 spiro atoms. The molecular formula is C14H23N3O3S. The minimum Gasteiger partial charge on any atom is -0.375 e. The van der Waals surface area contributed by atoms with Gasteiger partial charge in [0, 0.05) is 12.6 Å². The largest absolute Gasteiger partial charge is 0.375 e. The van der Waals surface area contributed by atoms with Crippen LogP contribution in [0.15, 0.2) is 29.2 Å². The maximum Gasteiger partial charge on any atom is 0.242 e. The summed E-state index contributed by atoms with van der Waals surface area (Å²) in [6, 6.07) is 6.33. The van der Waals surface area contributed by atoms with Gasteiger partial charge in [0.25, 0.3) is 0 Å². The van der Waals surface area contributed by atoms with Gasteiger partial charge in [0.2, 0.25) is 15.9 Å². The van der Waals surface area contributed by atoms with Crippen molar-refractivity contribution in [1.82, 2.24) is 10.0 Å². The van der Waals surface area contributed by atoms with E-state index in [1.807, 2.05) is 6.92 Å². The number of anilines is 1. The van der Waals surface area contributed by atoms with Gasteiger partial charge in [-0.1, -0.05) is 19.1 Å². The number of para-hydroxylation sites is 1. The smallest absolute Gasteiger partial charge is 0.242 e. The number of carbonyl (C=O) groups excluding carboxylic acids is 1. The van der Waals surface area contributed by atoms with Gasteiger partial charge in [0.05, 0.1) is 12.2 Å². The maximum absolute atomic E-state index is 12.2. The molecular weight excluding hydrogens is 290 g/mol. The van der Waals surface area contributed by atoms with Gasteiger partial charge in [0.15, 0.2) is 0 Å². The van der Waals surface area contributed by atoms with Crippen molar-refractivity contribution in [2.45, 2.75) is 38.1 Å². The Balaban J connectivity index is 2.83. The predicted octanol–water partition coefficient (Wildman–Crippen LogP) is 1.31. The van der Waals surface area contributed by atoms with Crippen molar-refractivity contribution >= 4 is 21.6 Å². The fourth-order valence-corrected chi connectivity index (χ4v) is 3.16. The molecule has 0 fully saturated rings. The molecule has 1 amide bonds. The van der Waals surface area contributed by atoms with E-state index in [1.165, 1.54) is 6.07 Å². The molecule has 0 saturated heterocycles. The van der Waals surface area contributed by atoms with E-state index in [9.17, 15) is 13.2 Å². The third-order valence-corrected chi connectivity index (χ3v) is 4.30. The molecule has 6 nitrogen and oxygen atoms in total. The first-order valence-corrected chi connectivity index (χ1v) is 8.47. The monoisotopic (exact) mass is 313 g/mol. The van der Waals surface area contributed by atoms with Crippen LogP contribution in [0.5, 0.6) is 0 Å². The minimum absolute atomic E-state index is 0.0359. The second-order valence-electron chi connectivity index (χ2n) is 4.98. The summed E-state index contributed by atoms with van der Waals surface area (Å²) < 4.78 is 27.0. The number of nitrogens with one attached hydrogen (secondary N) is 3. The number of hydrogen-bond acceptors (Lipinski definition) is 4. The molecule has 21 heavy (non-hydrogen) atoms. The minimum atomic E-state index is -3.60. The Kier molecular flexibility index (Phi) is 6.64. The number of benzene rings is 1. The summed E-state index contributed by atoms with van der Waals surface area (Å²) in [6.45, 7) is 6.12. The second-order valence-corrected chi connectivity index (χ2v) is 6.66. The molecule has 0 aliphatic carbocycles. The van der Waals surface area contributed by atoms with Gasteiger partial charge in [-0.25, -0.2) is 13.1 Å². The fourth-order valence-electron chi connectivity index (χ4n) is 1.72. The number of amides is 1. The molecule has 0 saturated carbocycles. The highest BCUT2D eigenvalue weighted by Crippen LogP contribution is 2.20. The first-order valence-electron chi connectivity index (χ1n) is 6.98. The Bertz CT molecular complexity index is 571. The van der Waals surface area contributed by atoms with Crippen molar-refractivity contribution in [3.63, 3.8) is 0 Å². The summed E-state index contributed by atoms with van der Waals surface area (Å²) in [4.78, 5) is 11.7. The fraction of sp³-hybridized carbons (Fsp3) is 0.500. The number of carbonyl (C=O) groups is 1. The lowest BCUT2D eigenvalue weighted by Gasteiger charge is -2.14. The first-order chi connectivity index (χ1) is 9.86. The maximum atomic E-state index is 12.2. The van der Waals surface area contributed by atoms with E-state index in [4.69, 9.17) is 0 Å². The van der Waals surface area contributed by atoms with Gasteiger partial charge in [0.1, 0.15) is 4.90 Å². The molecule has 0 aliphatic heterocycles. The van der Waals surface area contributed by atoms with Crippen LogP contribution in [0, 0.1) is 0 Å². The number of hydrogen-bond donors (Lipinski definition) is 3. The van der Waals surface area contributed by atoms with Crippen LogP contribution in [-0.4, -0.2) is 33.5 Å². The molecule has 0 aromatic heterocycles. The molecule has 0 aliphatic rings. The van der Waals surface area contributed by atoms with Gasteiger partial charge in [-0.15, -0.1) is 0 Å². The Morgan fingerprint density at radius 1 is 1.24 bits per heavy atom. The van der Waals surface area contributed by atoms with E-state index >= 15 is 0 Å². The summed E-state index contributed by atoms with van der Waals surface area (Å²) in [5.74, 6) is -0.166. The van der Waals surface area contributed by atoms with Crippen molar-refractivity contribution < 1.29 is 13.2 Å². The van der Waals surface area contributed by atoms with E-state index < -0.39 is 10.0 Å². The zero-order valence-electron chi connectivity index (χ0n) is 12.6. The first kappa shape index (κ1) is 17.5. The Morgan fingerprint density at radius 3 is 2.52 bits per heavy atom. The predicted molar refractivity (Wildman–Crippen MR) is 83.7 cm³/mol. The zero-order valence-corrected chi connectivity index (χ0v) is 13.5. The van der Waals surface area contributed by atoms with Crippen LogP contribution in [0.2, 0.25) is 0 Å². The van der Waals surface area contributed by atoms with E-state index in [-0.39, 0.29) is 23.4 Å². The normalized spacial score (nSPS) is 11.4. The molecule has 0 heterocycles. The standard InChI is InChI=1S/C14H23N3O3S/c1-4-9-15-14(18)10-16-12-7-5-6-8-13(12)21(19,20)17-11(2)3/h5-8,11,16-17H,4,9-10H2,1-3H3,(H,15,18). The van der Waals surface area contributed by atoms with Gasteiger partial charge >= 0.3 is 0 Å². The van der Waals surface area contributed by atoms with Gasteiger partial charge in [-0.3, -0.25) is 4.79 Å². The van der Waals surface area contributed by atoms with Crippen molar-refractivity contribution in [2.24, 2.45) is 0 Å². The topological polar surface area (TPSA) is 87.3 Å². The number of sulfonamides is 1. The molecule has 1 aromatic rings. The average Bonchev–Trinajstić information content (AvgIpc) is 2.41. The van der Waals surface area contributed by atoms with Crippen molar-refractivity contribution in [2.75, 3.05) is 18.4 Å². The summed E-state index contributed by atoms with van der Waals surface area (Å²) in [5, 5.41) is 5.60. The Labute approximate surface area is 126 Å². The second kappa shape index (κ2) is 7.99. The SMILES string of the molecule is CCCNC(=O)CNc1ccccc1S(=O)(=O)NC(C)C. The average molecular weight is 313 g/mol. The Hall–Kier alpha value is -1.60. The molecule has 0 atom stereocenters. The van der Waals surface area contributed by atoms with Crippen LogP contribution in [0.1, 0.15) is 27.2 Å². The highest BCUT2D eigenvalue weighted by molar-refractivity contribution is 7.89. The quantitative estimate of drug-likeness (QED) is 0.675.